The third kappa shape index (κ3) is 3.55. The van der Waals surface area contributed by atoms with Crippen LogP contribution in [0.5, 0.6) is 0 Å². The van der Waals surface area contributed by atoms with E-state index in [-0.39, 0.29) is 11.3 Å². The van der Waals surface area contributed by atoms with Gasteiger partial charge in [0.15, 0.2) is 0 Å². The van der Waals surface area contributed by atoms with Crippen molar-refractivity contribution in [2.45, 2.75) is 11.3 Å². The van der Waals surface area contributed by atoms with Crippen LogP contribution < -0.4 is 9.83 Å². The van der Waals surface area contributed by atoms with Gasteiger partial charge in [0.25, 0.3) is 10.0 Å². The van der Waals surface area contributed by atoms with Crippen LogP contribution in [0.15, 0.2) is 71.6 Å². The Hall–Kier alpha value is -2.86. The third-order valence-corrected chi connectivity index (χ3v) is 4.96. The fraction of sp³-hybridized carbons (Fsp3) is 0.0556. The zero-order valence-electron chi connectivity index (χ0n) is 12.6. The summed E-state index contributed by atoms with van der Waals surface area (Å²) in [5.74, 6) is -1.18. The first-order valence-electron chi connectivity index (χ1n) is 7.24. The minimum Gasteiger partial charge on any atom is -0.550 e. The van der Waals surface area contributed by atoms with Crippen molar-refractivity contribution in [3.8, 4) is 0 Å². The number of carbonyl (C=O) groups excluding carboxylic acids is 1. The second-order valence-corrected chi connectivity index (χ2v) is 7.04. The Labute approximate surface area is 139 Å². The Balaban J connectivity index is 1.85. The molecular weight excluding hydrogens is 326 g/mol. The number of aliphatic carboxylic acids is 1. The first kappa shape index (κ1) is 16.0. The highest BCUT2D eigenvalue weighted by molar-refractivity contribution is 7.92. The number of hydrogen-bond acceptors (Lipinski definition) is 4. The van der Waals surface area contributed by atoms with Crippen molar-refractivity contribution in [2.75, 3.05) is 4.72 Å². The molecule has 0 saturated heterocycles. The lowest BCUT2D eigenvalue weighted by Crippen LogP contribution is -2.24. The van der Waals surface area contributed by atoms with E-state index in [0.29, 0.717) is 11.3 Å². The molecule has 0 fully saturated rings. The van der Waals surface area contributed by atoms with Crippen molar-refractivity contribution in [3.63, 3.8) is 0 Å². The molecule has 0 heterocycles. The normalized spacial score (nSPS) is 11.3. The van der Waals surface area contributed by atoms with Crippen molar-refractivity contribution in [3.05, 3.63) is 72.3 Å². The van der Waals surface area contributed by atoms with E-state index < -0.39 is 16.0 Å². The quantitative estimate of drug-likeness (QED) is 0.769. The lowest BCUT2D eigenvalue weighted by atomic mass is 10.1. The Bertz CT molecular complexity index is 995. The van der Waals surface area contributed by atoms with Crippen LogP contribution in [-0.4, -0.2) is 14.4 Å². The number of hydrogen-bond donors (Lipinski definition) is 1. The van der Waals surface area contributed by atoms with Crippen LogP contribution in [0.4, 0.5) is 5.69 Å². The summed E-state index contributed by atoms with van der Waals surface area (Å²) in [4.78, 5) is 10.7. The Morgan fingerprint density at radius 2 is 1.58 bits per heavy atom. The standard InChI is InChI=1S/C18H15NO4S/c20-18(21)11-13-5-8-16(9-6-13)19-24(22,23)17-10-7-14-3-1-2-4-15(14)12-17/h1-10,12,19H,11H2,(H,20,21)/p-1. The van der Waals surface area contributed by atoms with Gasteiger partial charge in [0.1, 0.15) is 0 Å². The molecule has 0 aliphatic rings. The van der Waals surface area contributed by atoms with Gasteiger partial charge in [0.2, 0.25) is 0 Å². The number of rotatable bonds is 5. The van der Waals surface area contributed by atoms with Gasteiger partial charge in [-0.1, -0.05) is 42.5 Å². The van der Waals surface area contributed by atoms with E-state index in [1.807, 2.05) is 24.3 Å². The van der Waals surface area contributed by atoms with Gasteiger partial charge >= 0.3 is 0 Å². The van der Waals surface area contributed by atoms with Gasteiger partial charge in [-0.25, -0.2) is 8.42 Å². The van der Waals surface area contributed by atoms with Crippen molar-refractivity contribution >= 4 is 32.5 Å². The first-order chi connectivity index (χ1) is 11.4. The number of carboxylic acids is 1. The summed E-state index contributed by atoms with van der Waals surface area (Å²) >= 11 is 0. The molecule has 0 aliphatic heterocycles. The lowest BCUT2D eigenvalue weighted by molar-refractivity contribution is -0.304. The van der Waals surface area contributed by atoms with Crippen LogP contribution in [0.25, 0.3) is 10.8 Å². The van der Waals surface area contributed by atoms with Crippen LogP contribution >= 0.6 is 0 Å². The Kier molecular flexibility index (Phi) is 4.22. The number of benzene rings is 3. The van der Waals surface area contributed by atoms with Crippen LogP contribution in [0, 0.1) is 0 Å². The predicted octanol–water partition coefficient (Wildman–Crippen LogP) is 1.93. The summed E-state index contributed by atoms with van der Waals surface area (Å²) in [7, 11) is -3.72. The topological polar surface area (TPSA) is 86.3 Å². The van der Waals surface area contributed by atoms with Crippen LogP contribution in [0.2, 0.25) is 0 Å². The molecule has 6 heteroatoms. The van der Waals surface area contributed by atoms with Crippen LogP contribution in [0.3, 0.4) is 0 Å². The predicted molar refractivity (Wildman–Crippen MR) is 89.9 cm³/mol. The second kappa shape index (κ2) is 6.33. The zero-order chi connectivity index (χ0) is 17.2. The maximum atomic E-state index is 12.5. The van der Waals surface area contributed by atoms with E-state index in [1.54, 1.807) is 30.3 Å². The molecular formula is C18H14NO4S-. The molecule has 5 nitrogen and oxygen atoms in total. The molecule has 1 N–H and O–H groups in total. The molecule has 0 spiro atoms. The van der Waals surface area contributed by atoms with Crippen LogP contribution in [-0.2, 0) is 21.2 Å². The molecule has 122 valence electrons. The molecule has 0 bridgehead atoms. The number of sulfonamides is 1. The van der Waals surface area contributed by atoms with Crippen molar-refractivity contribution in [1.29, 1.82) is 0 Å². The summed E-state index contributed by atoms with van der Waals surface area (Å²) in [6, 6.07) is 18.6. The SMILES string of the molecule is O=C([O-])Cc1ccc(NS(=O)(=O)c2ccc3ccccc3c2)cc1. The maximum absolute atomic E-state index is 12.5. The molecule has 0 unspecified atom stereocenters. The molecule has 3 aromatic carbocycles. The van der Waals surface area contributed by atoms with E-state index in [2.05, 4.69) is 4.72 Å². The second-order valence-electron chi connectivity index (χ2n) is 5.36. The van der Waals surface area contributed by atoms with Crippen LogP contribution in [0.1, 0.15) is 5.56 Å². The molecule has 0 saturated carbocycles. The Morgan fingerprint density at radius 3 is 2.25 bits per heavy atom. The molecule has 0 radical (unpaired) electrons. The van der Waals surface area contributed by atoms with E-state index in [0.717, 1.165) is 10.8 Å². The lowest BCUT2D eigenvalue weighted by Gasteiger charge is -2.10. The summed E-state index contributed by atoms with van der Waals surface area (Å²) in [6.07, 6.45) is -0.211. The van der Waals surface area contributed by atoms with E-state index in [9.17, 15) is 18.3 Å². The molecule has 3 rings (SSSR count). The molecule has 0 aliphatic carbocycles. The highest BCUT2D eigenvalue weighted by Gasteiger charge is 2.14. The van der Waals surface area contributed by atoms with Crippen molar-refractivity contribution in [1.82, 2.24) is 0 Å². The number of anilines is 1. The number of fused-ring (bicyclic) bond motifs is 1. The average molecular weight is 340 g/mol. The van der Waals surface area contributed by atoms with E-state index >= 15 is 0 Å². The summed E-state index contributed by atoms with van der Waals surface area (Å²) in [5.41, 5.74) is 0.911. The van der Waals surface area contributed by atoms with Gasteiger partial charge in [0, 0.05) is 18.1 Å². The summed E-state index contributed by atoms with van der Waals surface area (Å²) < 4.78 is 27.5. The van der Waals surface area contributed by atoms with Gasteiger partial charge in [-0.2, -0.15) is 0 Å². The molecule has 0 aromatic heterocycles. The summed E-state index contributed by atoms with van der Waals surface area (Å²) in [6.45, 7) is 0. The van der Waals surface area contributed by atoms with Gasteiger partial charge in [-0.3, -0.25) is 4.72 Å². The molecule has 0 amide bonds. The highest BCUT2D eigenvalue weighted by atomic mass is 32.2. The molecule has 0 atom stereocenters. The third-order valence-electron chi connectivity index (χ3n) is 3.59. The average Bonchev–Trinajstić information content (AvgIpc) is 2.55. The maximum Gasteiger partial charge on any atom is 0.261 e. The van der Waals surface area contributed by atoms with Gasteiger partial charge < -0.3 is 9.90 Å². The first-order valence-corrected chi connectivity index (χ1v) is 8.73. The number of carboxylic acid groups (broad SMARTS) is 1. The fourth-order valence-corrected chi connectivity index (χ4v) is 3.50. The van der Waals surface area contributed by atoms with Gasteiger partial charge in [-0.05, 0) is 40.6 Å². The molecule has 3 aromatic rings. The van der Waals surface area contributed by atoms with Crippen molar-refractivity contribution in [2.24, 2.45) is 0 Å². The zero-order valence-corrected chi connectivity index (χ0v) is 13.4. The van der Waals surface area contributed by atoms with Gasteiger partial charge in [-0.15, -0.1) is 0 Å². The highest BCUT2D eigenvalue weighted by Crippen LogP contribution is 2.21. The monoisotopic (exact) mass is 340 g/mol. The minimum absolute atomic E-state index is 0.167. The number of carbonyl (C=O) groups is 1. The van der Waals surface area contributed by atoms with E-state index in [1.165, 1.54) is 12.1 Å². The largest absolute Gasteiger partial charge is 0.550 e. The smallest absolute Gasteiger partial charge is 0.261 e. The van der Waals surface area contributed by atoms with Gasteiger partial charge in [0.05, 0.1) is 4.90 Å². The summed E-state index contributed by atoms with van der Waals surface area (Å²) in [5, 5.41) is 12.4. The van der Waals surface area contributed by atoms with E-state index in [4.69, 9.17) is 0 Å². The molecule has 24 heavy (non-hydrogen) atoms. The minimum atomic E-state index is -3.72. The van der Waals surface area contributed by atoms with Crippen molar-refractivity contribution < 1.29 is 18.3 Å². The number of nitrogens with one attached hydrogen (secondary N) is 1. The fourth-order valence-electron chi connectivity index (χ4n) is 2.41. The Morgan fingerprint density at radius 1 is 0.917 bits per heavy atom.